The van der Waals surface area contributed by atoms with Crippen molar-refractivity contribution in [3.8, 4) is 0 Å². The molecule has 0 spiro atoms. The lowest BCUT2D eigenvalue weighted by atomic mass is 9.48. The first kappa shape index (κ1) is 23.2. The Labute approximate surface area is 228 Å². The van der Waals surface area contributed by atoms with Gasteiger partial charge in [-0.2, -0.15) is 0 Å². The summed E-state index contributed by atoms with van der Waals surface area (Å²) in [5.74, 6) is 6.80. The van der Waals surface area contributed by atoms with Crippen LogP contribution in [0.15, 0.2) is 91.0 Å². The molecule has 3 aromatic rings. The molecule has 194 valence electrons. The third-order valence-electron chi connectivity index (χ3n) is 12.1. The van der Waals surface area contributed by atoms with Crippen molar-refractivity contribution >= 4 is 5.78 Å². The van der Waals surface area contributed by atoms with Gasteiger partial charge < -0.3 is 0 Å². The van der Waals surface area contributed by atoms with Crippen LogP contribution in [0.2, 0.25) is 0 Å². The van der Waals surface area contributed by atoms with Crippen LogP contribution in [-0.2, 0) is 4.79 Å². The van der Waals surface area contributed by atoms with E-state index in [4.69, 9.17) is 0 Å². The number of benzene rings is 3. The van der Waals surface area contributed by atoms with Gasteiger partial charge in [0.15, 0.2) is 0 Å². The summed E-state index contributed by atoms with van der Waals surface area (Å²) in [4.78, 5) is 14.7. The monoisotopic (exact) mass is 500 g/mol. The zero-order valence-corrected chi connectivity index (χ0v) is 22.4. The first-order chi connectivity index (χ1) is 18.8. The molecule has 0 N–H and O–H groups in total. The number of fused-ring (bicyclic) bond motifs is 5. The standard InChI is InChI=1S/C37H40O/c38-37-31(24-15-6-2-7-16-24)34-29-22-12-21-28-26-19-10-11-20-27(26)30(23-13-4-1-5-14-23)35(33(28)29)36(34)32(37)25-17-8-3-9-18-25/h1-9,13-18,26-36H,10-12,19-22H2. The second-order valence-corrected chi connectivity index (χ2v) is 13.3. The fourth-order valence-electron chi connectivity index (χ4n) is 11.3. The molecular weight excluding hydrogens is 460 g/mol. The van der Waals surface area contributed by atoms with Crippen molar-refractivity contribution < 1.29 is 4.79 Å². The molecule has 0 aromatic heterocycles. The number of Topliss-reactive ketones (excluding diaryl/α,β-unsaturated/α-hetero) is 1. The smallest absolute Gasteiger partial charge is 0.148 e. The average molecular weight is 501 g/mol. The van der Waals surface area contributed by atoms with Crippen LogP contribution >= 0.6 is 0 Å². The van der Waals surface area contributed by atoms with Crippen molar-refractivity contribution in [2.24, 2.45) is 47.3 Å². The number of rotatable bonds is 3. The second-order valence-electron chi connectivity index (χ2n) is 13.3. The summed E-state index contributed by atoms with van der Waals surface area (Å²) in [7, 11) is 0. The second kappa shape index (κ2) is 9.22. The van der Waals surface area contributed by atoms with Crippen molar-refractivity contribution in [3.05, 3.63) is 108 Å². The Morgan fingerprint density at radius 2 is 0.921 bits per heavy atom. The number of carbonyl (C=O) groups excluding carboxylic acids is 1. The van der Waals surface area contributed by atoms with E-state index in [-0.39, 0.29) is 11.8 Å². The van der Waals surface area contributed by atoms with Gasteiger partial charge in [0.25, 0.3) is 0 Å². The maximum absolute atomic E-state index is 14.7. The summed E-state index contributed by atoms with van der Waals surface area (Å²) in [6.07, 6.45) is 9.76. The van der Waals surface area contributed by atoms with Crippen LogP contribution < -0.4 is 0 Å². The Hall–Kier alpha value is -2.67. The Balaban J connectivity index is 1.34. The Bertz CT molecular complexity index is 1280. The highest BCUT2D eigenvalue weighted by molar-refractivity contribution is 5.95. The van der Waals surface area contributed by atoms with E-state index in [0.29, 0.717) is 35.4 Å². The van der Waals surface area contributed by atoms with Crippen LogP contribution in [0.3, 0.4) is 0 Å². The van der Waals surface area contributed by atoms with Crippen molar-refractivity contribution in [1.29, 1.82) is 0 Å². The molecule has 8 rings (SSSR count). The van der Waals surface area contributed by atoms with Crippen LogP contribution in [-0.4, -0.2) is 5.78 Å². The summed E-state index contributed by atoms with van der Waals surface area (Å²) in [6.45, 7) is 0. The van der Waals surface area contributed by atoms with E-state index in [1.165, 1.54) is 56.1 Å². The number of hydrogen-bond donors (Lipinski definition) is 0. The van der Waals surface area contributed by atoms with Crippen LogP contribution in [0.1, 0.15) is 79.4 Å². The highest BCUT2D eigenvalue weighted by Crippen LogP contribution is 2.73. The third kappa shape index (κ3) is 3.33. The normalized spacial score (nSPS) is 41.3. The number of carbonyl (C=O) groups is 1. The van der Waals surface area contributed by atoms with Gasteiger partial charge in [0.1, 0.15) is 5.78 Å². The molecule has 0 amide bonds. The molecule has 1 heteroatoms. The fraction of sp³-hybridized carbons (Fsp3) is 0.486. The summed E-state index contributed by atoms with van der Waals surface area (Å²) in [6, 6.07) is 33.5. The van der Waals surface area contributed by atoms with Gasteiger partial charge in [-0.25, -0.2) is 0 Å². The van der Waals surface area contributed by atoms with Gasteiger partial charge >= 0.3 is 0 Å². The first-order valence-electron chi connectivity index (χ1n) is 15.5. The zero-order chi connectivity index (χ0) is 25.2. The maximum atomic E-state index is 14.7. The van der Waals surface area contributed by atoms with Gasteiger partial charge in [-0.3, -0.25) is 4.79 Å². The molecule has 0 bridgehead atoms. The maximum Gasteiger partial charge on any atom is 0.148 e. The van der Waals surface area contributed by atoms with E-state index in [0.717, 1.165) is 23.7 Å². The van der Waals surface area contributed by atoms with Crippen LogP contribution in [0.25, 0.3) is 0 Å². The average Bonchev–Trinajstić information content (AvgIpc) is 3.47. The van der Waals surface area contributed by atoms with Gasteiger partial charge in [-0.1, -0.05) is 110 Å². The highest BCUT2D eigenvalue weighted by Gasteiger charge is 2.69. The molecule has 3 aromatic carbocycles. The van der Waals surface area contributed by atoms with E-state index in [2.05, 4.69) is 91.0 Å². The SMILES string of the molecule is O=C1C(c2ccccc2)C2C3CCCC4C5CCCCC5C(c5ccccc5)C(C43)C2C1c1ccccc1. The lowest BCUT2D eigenvalue weighted by molar-refractivity contribution is -0.122. The minimum atomic E-state index is 0.0361. The molecule has 5 aliphatic carbocycles. The van der Waals surface area contributed by atoms with E-state index >= 15 is 0 Å². The third-order valence-corrected chi connectivity index (χ3v) is 12.1. The quantitative estimate of drug-likeness (QED) is 0.352. The first-order valence-corrected chi connectivity index (χ1v) is 15.5. The lowest BCUT2D eigenvalue weighted by Gasteiger charge is -2.56. The molecule has 0 saturated heterocycles. The molecule has 0 aliphatic heterocycles. The van der Waals surface area contributed by atoms with Gasteiger partial charge in [0, 0.05) is 11.8 Å². The summed E-state index contributed by atoms with van der Waals surface area (Å²) < 4.78 is 0. The zero-order valence-electron chi connectivity index (χ0n) is 22.4. The molecule has 11 unspecified atom stereocenters. The predicted molar refractivity (Wildman–Crippen MR) is 153 cm³/mol. The Morgan fingerprint density at radius 1 is 0.421 bits per heavy atom. The molecule has 0 radical (unpaired) electrons. The van der Waals surface area contributed by atoms with Crippen LogP contribution in [0.5, 0.6) is 0 Å². The molecular formula is C37H40O. The van der Waals surface area contributed by atoms with E-state index < -0.39 is 0 Å². The van der Waals surface area contributed by atoms with E-state index in [1.807, 2.05) is 0 Å². The molecule has 0 heterocycles. The largest absolute Gasteiger partial charge is 0.298 e. The van der Waals surface area contributed by atoms with E-state index in [9.17, 15) is 4.79 Å². The van der Waals surface area contributed by atoms with Crippen molar-refractivity contribution in [1.82, 2.24) is 0 Å². The van der Waals surface area contributed by atoms with Gasteiger partial charge in [-0.15, -0.1) is 0 Å². The van der Waals surface area contributed by atoms with Crippen molar-refractivity contribution in [2.45, 2.75) is 62.7 Å². The van der Waals surface area contributed by atoms with Gasteiger partial charge in [-0.05, 0) is 95.6 Å². The number of hydrogen-bond acceptors (Lipinski definition) is 1. The molecule has 5 saturated carbocycles. The fourth-order valence-corrected chi connectivity index (χ4v) is 11.3. The molecule has 5 fully saturated rings. The van der Waals surface area contributed by atoms with E-state index in [1.54, 1.807) is 5.56 Å². The van der Waals surface area contributed by atoms with Crippen molar-refractivity contribution in [2.75, 3.05) is 0 Å². The van der Waals surface area contributed by atoms with Gasteiger partial charge in [0.05, 0.1) is 0 Å². The molecule has 11 atom stereocenters. The Kier molecular flexibility index (Phi) is 5.64. The predicted octanol–water partition coefficient (Wildman–Crippen LogP) is 8.64. The minimum Gasteiger partial charge on any atom is -0.298 e. The summed E-state index contributed by atoms with van der Waals surface area (Å²) >= 11 is 0. The topological polar surface area (TPSA) is 17.1 Å². The summed E-state index contributed by atoms with van der Waals surface area (Å²) in [5, 5.41) is 0. The van der Waals surface area contributed by atoms with Crippen LogP contribution in [0.4, 0.5) is 0 Å². The molecule has 5 aliphatic rings. The van der Waals surface area contributed by atoms with Crippen molar-refractivity contribution in [3.63, 3.8) is 0 Å². The lowest BCUT2D eigenvalue weighted by Crippen LogP contribution is -2.49. The Morgan fingerprint density at radius 3 is 1.55 bits per heavy atom. The summed E-state index contributed by atoms with van der Waals surface area (Å²) in [5.41, 5.74) is 4.12. The molecule has 38 heavy (non-hydrogen) atoms. The molecule has 1 nitrogen and oxygen atoms in total. The number of ketones is 1. The van der Waals surface area contributed by atoms with Gasteiger partial charge in [0.2, 0.25) is 0 Å². The minimum absolute atomic E-state index is 0.0361. The van der Waals surface area contributed by atoms with Crippen LogP contribution in [0, 0.1) is 47.3 Å². The highest BCUT2D eigenvalue weighted by atomic mass is 16.1.